The van der Waals surface area contributed by atoms with Crippen LogP contribution >= 0.6 is 0 Å². The maximum Gasteiger partial charge on any atom is 0.147 e. The third-order valence-corrected chi connectivity index (χ3v) is 2.13. The van der Waals surface area contributed by atoms with Crippen molar-refractivity contribution in [2.24, 2.45) is 0 Å². The van der Waals surface area contributed by atoms with E-state index in [2.05, 4.69) is 12.2 Å². The minimum atomic E-state index is 0.364. The fraction of sp³-hybridized carbons (Fsp3) is 0.538. The first kappa shape index (κ1) is 13.2. The molecule has 0 aromatic heterocycles. The molecule has 0 spiro atoms. The van der Waals surface area contributed by atoms with Crippen molar-refractivity contribution in [1.82, 2.24) is 5.32 Å². The topological polar surface area (TPSA) is 30.5 Å². The normalized spacial score (nSPS) is 10.6. The SMILES string of the molecule is CCCNCCOCOCc1ccccc1. The summed E-state index contributed by atoms with van der Waals surface area (Å²) in [6.07, 6.45) is 1.16. The Bertz CT molecular complexity index is 251. The maximum atomic E-state index is 5.38. The summed E-state index contributed by atoms with van der Waals surface area (Å²) >= 11 is 0. The molecular formula is C13H21NO2. The first-order valence-electron chi connectivity index (χ1n) is 5.83. The third kappa shape index (κ3) is 6.56. The Morgan fingerprint density at radius 2 is 1.88 bits per heavy atom. The highest BCUT2D eigenvalue weighted by atomic mass is 16.7. The molecule has 0 radical (unpaired) electrons. The molecule has 0 bridgehead atoms. The highest BCUT2D eigenvalue weighted by molar-refractivity contribution is 5.13. The summed E-state index contributed by atoms with van der Waals surface area (Å²) in [5, 5.41) is 3.26. The van der Waals surface area contributed by atoms with Crippen LogP contribution in [0, 0.1) is 0 Å². The zero-order chi connectivity index (χ0) is 11.5. The van der Waals surface area contributed by atoms with Crippen LogP contribution in [0.1, 0.15) is 18.9 Å². The minimum Gasteiger partial charge on any atom is -0.354 e. The lowest BCUT2D eigenvalue weighted by Crippen LogP contribution is -2.20. The number of nitrogens with one attached hydrogen (secondary N) is 1. The summed E-state index contributed by atoms with van der Waals surface area (Å²) in [4.78, 5) is 0. The second-order valence-corrected chi connectivity index (χ2v) is 3.61. The molecule has 1 aromatic carbocycles. The number of rotatable bonds is 9. The molecule has 0 saturated heterocycles. The fourth-order valence-corrected chi connectivity index (χ4v) is 1.30. The standard InChI is InChI=1S/C13H21NO2/c1-2-8-14-9-10-15-12-16-11-13-6-4-3-5-7-13/h3-7,14H,2,8-12H2,1H3. The smallest absolute Gasteiger partial charge is 0.147 e. The van der Waals surface area contributed by atoms with Crippen molar-refractivity contribution in [3.8, 4) is 0 Å². The van der Waals surface area contributed by atoms with Crippen molar-refractivity contribution < 1.29 is 9.47 Å². The Balaban J connectivity index is 1.89. The third-order valence-electron chi connectivity index (χ3n) is 2.13. The van der Waals surface area contributed by atoms with Crippen molar-refractivity contribution >= 4 is 0 Å². The van der Waals surface area contributed by atoms with E-state index in [1.807, 2.05) is 30.3 Å². The van der Waals surface area contributed by atoms with Gasteiger partial charge in [-0.25, -0.2) is 0 Å². The largest absolute Gasteiger partial charge is 0.354 e. The molecular weight excluding hydrogens is 202 g/mol. The Morgan fingerprint density at radius 3 is 2.62 bits per heavy atom. The summed E-state index contributed by atoms with van der Waals surface area (Å²) in [5.41, 5.74) is 1.18. The monoisotopic (exact) mass is 223 g/mol. The summed E-state index contributed by atoms with van der Waals surface area (Å²) in [5.74, 6) is 0. The van der Waals surface area contributed by atoms with E-state index in [1.54, 1.807) is 0 Å². The maximum absolute atomic E-state index is 5.38. The van der Waals surface area contributed by atoms with Crippen LogP contribution in [0.3, 0.4) is 0 Å². The van der Waals surface area contributed by atoms with Crippen LogP contribution in [0.5, 0.6) is 0 Å². The molecule has 1 rings (SSSR count). The molecule has 0 fully saturated rings. The molecule has 3 nitrogen and oxygen atoms in total. The molecule has 0 aliphatic heterocycles. The molecule has 90 valence electrons. The number of hydrogen-bond acceptors (Lipinski definition) is 3. The zero-order valence-electron chi connectivity index (χ0n) is 9.95. The van der Waals surface area contributed by atoms with Gasteiger partial charge in [0, 0.05) is 6.54 Å². The van der Waals surface area contributed by atoms with Crippen molar-refractivity contribution in [3.05, 3.63) is 35.9 Å². The van der Waals surface area contributed by atoms with Gasteiger partial charge in [-0.15, -0.1) is 0 Å². The molecule has 0 aliphatic carbocycles. The van der Waals surface area contributed by atoms with Gasteiger partial charge < -0.3 is 14.8 Å². The average Bonchev–Trinajstić information content (AvgIpc) is 2.34. The van der Waals surface area contributed by atoms with Crippen molar-refractivity contribution in [2.75, 3.05) is 26.5 Å². The Kier molecular flexibility index (Phi) is 7.68. The Hall–Kier alpha value is -0.900. The predicted octanol–water partition coefficient (Wildman–Crippen LogP) is 2.18. The number of ether oxygens (including phenoxy) is 2. The van der Waals surface area contributed by atoms with Crippen molar-refractivity contribution in [2.45, 2.75) is 20.0 Å². The molecule has 0 amide bonds. The van der Waals surface area contributed by atoms with Gasteiger partial charge in [0.15, 0.2) is 0 Å². The first-order valence-corrected chi connectivity index (χ1v) is 5.83. The summed E-state index contributed by atoms with van der Waals surface area (Å²) in [6, 6.07) is 10.1. The van der Waals surface area contributed by atoms with Crippen molar-refractivity contribution in [1.29, 1.82) is 0 Å². The zero-order valence-corrected chi connectivity index (χ0v) is 9.95. The van der Waals surface area contributed by atoms with Crippen LogP contribution < -0.4 is 5.32 Å². The van der Waals surface area contributed by atoms with E-state index in [9.17, 15) is 0 Å². The van der Waals surface area contributed by atoms with Crippen LogP contribution in [0.4, 0.5) is 0 Å². The summed E-state index contributed by atoms with van der Waals surface area (Å²) in [7, 11) is 0. The van der Waals surface area contributed by atoms with Gasteiger partial charge in [-0.1, -0.05) is 37.3 Å². The lowest BCUT2D eigenvalue weighted by Gasteiger charge is -2.06. The van der Waals surface area contributed by atoms with E-state index >= 15 is 0 Å². The van der Waals surface area contributed by atoms with Gasteiger partial charge in [0.05, 0.1) is 13.2 Å². The Labute approximate surface area is 97.8 Å². The molecule has 0 unspecified atom stereocenters. The van der Waals surface area contributed by atoms with Gasteiger partial charge in [0.1, 0.15) is 6.79 Å². The van der Waals surface area contributed by atoms with Gasteiger partial charge in [0.2, 0.25) is 0 Å². The van der Waals surface area contributed by atoms with E-state index in [4.69, 9.17) is 9.47 Å². The van der Waals surface area contributed by atoms with E-state index in [0.717, 1.165) is 19.5 Å². The summed E-state index contributed by atoms with van der Waals surface area (Å²) < 4.78 is 10.7. The average molecular weight is 223 g/mol. The molecule has 16 heavy (non-hydrogen) atoms. The van der Waals surface area contributed by atoms with Gasteiger partial charge in [-0.2, -0.15) is 0 Å². The lowest BCUT2D eigenvalue weighted by atomic mass is 10.2. The summed E-state index contributed by atoms with van der Waals surface area (Å²) in [6.45, 7) is 5.77. The highest BCUT2D eigenvalue weighted by Gasteiger charge is 1.91. The molecule has 0 heterocycles. The molecule has 3 heteroatoms. The van der Waals surface area contributed by atoms with Gasteiger partial charge in [-0.3, -0.25) is 0 Å². The fourth-order valence-electron chi connectivity index (χ4n) is 1.30. The molecule has 0 atom stereocenters. The second kappa shape index (κ2) is 9.33. The molecule has 1 N–H and O–H groups in total. The van der Waals surface area contributed by atoms with Crippen LogP contribution in [-0.2, 0) is 16.1 Å². The molecule has 0 saturated carbocycles. The van der Waals surface area contributed by atoms with Crippen LogP contribution in [0.15, 0.2) is 30.3 Å². The van der Waals surface area contributed by atoms with Crippen LogP contribution in [0.25, 0.3) is 0 Å². The Morgan fingerprint density at radius 1 is 1.06 bits per heavy atom. The number of benzene rings is 1. The van der Waals surface area contributed by atoms with Crippen molar-refractivity contribution in [3.63, 3.8) is 0 Å². The molecule has 0 aliphatic rings. The van der Waals surface area contributed by atoms with Crippen LogP contribution in [-0.4, -0.2) is 26.5 Å². The lowest BCUT2D eigenvalue weighted by molar-refractivity contribution is -0.0601. The quantitative estimate of drug-likeness (QED) is 0.514. The predicted molar refractivity (Wildman–Crippen MR) is 65.2 cm³/mol. The van der Waals surface area contributed by atoms with Gasteiger partial charge in [-0.05, 0) is 18.5 Å². The van der Waals surface area contributed by atoms with Gasteiger partial charge in [0.25, 0.3) is 0 Å². The first-order chi connectivity index (χ1) is 7.93. The van der Waals surface area contributed by atoms with E-state index in [-0.39, 0.29) is 0 Å². The van der Waals surface area contributed by atoms with Crippen LogP contribution in [0.2, 0.25) is 0 Å². The van der Waals surface area contributed by atoms with Gasteiger partial charge >= 0.3 is 0 Å². The van der Waals surface area contributed by atoms with E-state index in [0.29, 0.717) is 20.0 Å². The van der Waals surface area contributed by atoms with E-state index < -0.39 is 0 Å². The minimum absolute atomic E-state index is 0.364. The number of hydrogen-bond donors (Lipinski definition) is 1. The van der Waals surface area contributed by atoms with E-state index in [1.165, 1.54) is 5.56 Å². The second-order valence-electron chi connectivity index (χ2n) is 3.61. The molecule has 1 aromatic rings. The highest BCUT2D eigenvalue weighted by Crippen LogP contribution is 1.99.